The molecule has 0 spiro atoms. The van der Waals surface area contributed by atoms with Crippen molar-refractivity contribution in [3.05, 3.63) is 35.9 Å². The Hall–Kier alpha value is -1.37. The van der Waals surface area contributed by atoms with Gasteiger partial charge in [0.2, 0.25) is 5.91 Å². The van der Waals surface area contributed by atoms with Gasteiger partial charge in [-0.2, -0.15) is 0 Å². The van der Waals surface area contributed by atoms with Crippen molar-refractivity contribution in [2.45, 2.75) is 12.8 Å². The highest BCUT2D eigenvalue weighted by atomic mass is 32.2. The van der Waals surface area contributed by atoms with E-state index in [1.807, 2.05) is 18.2 Å². The summed E-state index contributed by atoms with van der Waals surface area (Å²) in [6.45, 7) is 3.21. The standard InChI is InChI=1S/C18H26N2O3S/c1-23-14-18(7-9-19-10-8-18)13-20-17(22)12-24-11-16(21)15-5-3-2-4-6-15/h2-6,19H,7-14H2,1H3,(H,20,22). The second kappa shape index (κ2) is 9.81. The molecule has 1 saturated heterocycles. The van der Waals surface area contributed by atoms with Gasteiger partial charge >= 0.3 is 0 Å². The third-order valence-electron chi connectivity index (χ3n) is 4.34. The average molecular weight is 350 g/mol. The maximum absolute atomic E-state index is 12.1. The number of Topliss-reactive ketones (excluding diaryl/α,β-unsaturated/α-hetero) is 1. The van der Waals surface area contributed by atoms with E-state index in [0.717, 1.165) is 25.9 Å². The number of carbonyl (C=O) groups is 2. The van der Waals surface area contributed by atoms with Gasteiger partial charge in [0.15, 0.2) is 5.78 Å². The molecule has 1 aliphatic rings. The van der Waals surface area contributed by atoms with Crippen molar-refractivity contribution in [3.8, 4) is 0 Å². The Morgan fingerprint density at radius 3 is 2.58 bits per heavy atom. The number of thioether (sulfide) groups is 1. The summed E-state index contributed by atoms with van der Waals surface area (Å²) in [6.07, 6.45) is 2.00. The van der Waals surface area contributed by atoms with E-state index >= 15 is 0 Å². The molecule has 24 heavy (non-hydrogen) atoms. The lowest BCUT2D eigenvalue weighted by atomic mass is 9.79. The fourth-order valence-electron chi connectivity index (χ4n) is 2.92. The Morgan fingerprint density at radius 2 is 1.92 bits per heavy atom. The zero-order valence-electron chi connectivity index (χ0n) is 14.2. The zero-order valence-corrected chi connectivity index (χ0v) is 15.0. The molecule has 1 heterocycles. The number of hydrogen-bond acceptors (Lipinski definition) is 5. The van der Waals surface area contributed by atoms with Crippen LogP contribution in [0.15, 0.2) is 30.3 Å². The third-order valence-corrected chi connectivity index (χ3v) is 5.27. The molecule has 0 saturated carbocycles. The fourth-order valence-corrected chi connectivity index (χ4v) is 3.66. The largest absolute Gasteiger partial charge is 0.384 e. The second-order valence-corrected chi connectivity index (χ2v) is 7.23. The van der Waals surface area contributed by atoms with Crippen LogP contribution in [-0.4, -0.2) is 56.5 Å². The van der Waals surface area contributed by atoms with Gasteiger partial charge in [0.1, 0.15) is 0 Å². The Morgan fingerprint density at radius 1 is 1.21 bits per heavy atom. The van der Waals surface area contributed by atoms with Crippen LogP contribution in [0.1, 0.15) is 23.2 Å². The molecule has 5 nitrogen and oxygen atoms in total. The summed E-state index contributed by atoms with van der Waals surface area (Å²) in [6, 6.07) is 9.18. The first-order valence-electron chi connectivity index (χ1n) is 8.28. The monoisotopic (exact) mass is 350 g/mol. The van der Waals surface area contributed by atoms with Crippen molar-refractivity contribution in [2.24, 2.45) is 5.41 Å². The predicted octanol–water partition coefficient (Wildman–Crippen LogP) is 1.73. The molecule has 1 aromatic carbocycles. The first-order chi connectivity index (χ1) is 11.7. The van der Waals surface area contributed by atoms with E-state index in [-0.39, 0.29) is 17.1 Å². The van der Waals surface area contributed by atoms with Crippen molar-refractivity contribution < 1.29 is 14.3 Å². The number of benzene rings is 1. The Balaban J connectivity index is 1.70. The second-order valence-electron chi connectivity index (χ2n) is 6.24. The Bertz CT molecular complexity index is 525. The van der Waals surface area contributed by atoms with Crippen LogP contribution in [0.2, 0.25) is 0 Å². The van der Waals surface area contributed by atoms with Gasteiger partial charge in [0.05, 0.1) is 18.1 Å². The SMILES string of the molecule is COCC1(CNC(=O)CSCC(=O)c2ccccc2)CCNCC1. The van der Waals surface area contributed by atoms with Gasteiger partial charge in [-0.1, -0.05) is 30.3 Å². The lowest BCUT2D eigenvalue weighted by Crippen LogP contribution is -2.47. The van der Waals surface area contributed by atoms with E-state index in [2.05, 4.69) is 10.6 Å². The normalized spacial score (nSPS) is 16.5. The van der Waals surface area contributed by atoms with Crippen LogP contribution in [0.25, 0.3) is 0 Å². The maximum Gasteiger partial charge on any atom is 0.230 e. The minimum Gasteiger partial charge on any atom is -0.384 e. The first kappa shape index (κ1) is 19.0. The van der Waals surface area contributed by atoms with Gasteiger partial charge in [0.25, 0.3) is 0 Å². The molecule has 0 radical (unpaired) electrons. The van der Waals surface area contributed by atoms with Crippen molar-refractivity contribution in [1.82, 2.24) is 10.6 Å². The summed E-state index contributed by atoms with van der Waals surface area (Å²) in [7, 11) is 1.71. The highest BCUT2D eigenvalue weighted by Gasteiger charge is 2.32. The fraction of sp³-hybridized carbons (Fsp3) is 0.556. The summed E-state index contributed by atoms with van der Waals surface area (Å²) in [4.78, 5) is 24.0. The van der Waals surface area contributed by atoms with E-state index < -0.39 is 0 Å². The highest BCUT2D eigenvalue weighted by molar-refractivity contribution is 8.00. The van der Waals surface area contributed by atoms with Crippen molar-refractivity contribution >= 4 is 23.5 Å². The number of carbonyl (C=O) groups excluding carboxylic acids is 2. The van der Waals surface area contributed by atoms with E-state index in [4.69, 9.17) is 4.74 Å². The maximum atomic E-state index is 12.1. The van der Waals surface area contributed by atoms with Crippen LogP contribution in [0.4, 0.5) is 0 Å². The van der Waals surface area contributed by atoms with E-state index in [1.54, 1.807) is 19.2 Å². The summed E-state index contributed by atoms with van der Waals surface area (Å²) >= 11 is 1.36. The number of ketones is 1. The average Bonchev–Trinajstić information content (AvgIpc) is 2.62. The highest BCUT2D eigenvalue weighted by Crippen LogP contribution is 2.28. The molecule has 6 heteroatoms. The molecule has 1 aromatic rings. The Kier molecular flexibility index (Phi) is 7.75. The van der Waals surface area contributed by atoms with Crippen LogP contribution in [-0.2, 0) is 9.53 Å². The van der Waals surface area contributed by atoms with E-state index in [9.17, 15) is 9.59 Å². The number of hydrogen-bond donors (Lipinski definition) is 2. The van der Waals surface area contributed by atoms with E-state index in [0.29, 0.717) is 30.2 Å². The quantitative estimate of drug-likeness (QED) is 0.664. The molecule has 0 aliphatic carbocycles. The predicted molar refractivity (Wildman–Crippen MR) is 97.5 cm³/mol. The molecule has 1 aliphatic heterocycles. The molecule has 0 atom stereocenters. The smallest absolute Gasteiger partial charge is 0.230 e. The number of ether oxygens (including phenoxy) is 1. The molecule has 1 fully saturated rings. The summed E-state index contributed by atoms with van der Waals surface area (Å²) in [5.74, 6) is 0.669. The van der Waals surface area contributed by atoms with Crippen molar-refractivity contribution in [3.63, 3.8) is 0 Å². The molecular weight excluding hydrogens is 324 g/mol. The molecule has 0 aromatic heterocycles. The molecular formula is C18H26N2O3S. The van der Waals surface area contributed by atoms with Crippen LogP contribution >= 0.6 is 11.8 Å². The van der Waals surface area contributed by atoms with Crippen molar-refractivity contribution in [2.75, 3.05) is 44.9 Å². The number of piperidine rings is 1. The lowest BCUT2D eigenvalue weighted by molar-refractivity contribution is -0.119. The van der Waals surface area contributed by atoms with E-state index in [1.165, 1.54) is 11.8 Å². The van der Waals surface area contributed by atoms with Crippen LogP contribution in [0, 0.1) is 5.41 Å². The van der Waals surface area contributed by atoms with Crippen molar-refractivity contribution in [1.29, 1.82) is 0 Å². The van der Waals surface area contributed by atoms with Gasteiger partial charge in [-0.05, 0) is 25.9 Å². The minimum absolute atomic E-state index is 0.0186. The number of nitrogens with one attached hydrogen (secondary N) is 2. The third kappa shape index (κ3) is 5.92. The van der Waals surface area contributed by atoms with Gasteiger partial charge < -0.3 is 15.4 Å². The summed E-state index contributed by atoms with van der Waals surface area (Å²) in [5.41, 5.74) is 0.722. The van der Waals surface area contributed by atoms with Gasteiger partial charge in [-0.3, -0.25) is 9.59 Å². The summed E-state index contributed by atoms with van der Waals surface area (Å²) < 4.78 is 5.35. The number of methoxy groups -OCH3 is 1. The van der Waals surface area contributed by atoms with Gasteiger partial charge in [-0.25, -0.2) is 0 Å². The minimum atomic E-state index is -0.0186. The molecule has 0 unspecified atom stereocenters. The topological polar surface area (TPSA) is 67.4 Å². The first-order valence-corrected chi connectivity index (χ1v) is 9.43. The molecule has 1 amide bonds. The summed E-state index contributed by atoms with van der Waals surface area (Å²) in [5, 5.41) is 6.35. The van der Waals surface area contributed by atoms with Crippen LogP contribution in [0.3, 0.4) is 0 Å². The van der Waals surface area contributed by atoms with Gasteiger partial charge in [-0.15, -0.1) is 11.8 Å². The molecule has 132 valence electrons. The molecule has 0 bridgehead atoms. The zero-order chi connectivity index (χ0) is 17.3. The van der Waals surface area contributed by atoms with Gasteiger partial charge in [0, 0.05) is 24.6 Å². The molecule has 2 N–H and O–H groups in total. The lowest BCUT2D eigenvalue weighted by Gasteiger charge is -2.37. The van der Waals surface area contributed by atoms with Crippen LogP contribution in [0.5, 0.6) is 0 Å². The number of amides is 1. The molecule has 2 rings (SSSR count). The Labute approximate surface area is 147 Å². The van der Waals surface area contributed by atoms with Crippen LogP contribution < -0.4 is 10.6 Å². The number of rotatable bonds is 9.